The van der Waals surface area contributed by atoms with Crippen LogP contribution in [0.2, 0.25) is 0 Å². The van der Waals surface area contributed by atoms with Crippen molar-refractivity contribution in [3.63, 3.8) is 0 Å². The largest absolute Gasteiger partial charge is 0.493 e. The fraction of sp³-hybridized carbons (Fsp3) is 0.731. The number of nitrogens with one attached hydrogen (secondary N) is 1. The van der Waals surface area contributed by atoms with Crippen molar-refractivity contribution in [2.45, 2.75) is 59.4 Å². The Morgan fingerprint density at radius 2 is 1.91 bits per heavy atom. The summed E-state index contributed by atoms with van der Waals surface area (Å²) in [5.74, 6) is 1.64. The third-order valence-corrected chi connectivity index (χ3v) is 6.43. The van der Waals surface area contributed by atoms with E-state index in [1.165, 1.54) is 16.7 Å². The van der Waals surface area contributed by atoms with Gasteiger partial charge in [-0.15, -0.1) is 0 Å². The van der Waals surface area contributed by atoms with E-state index in [4.69, 9.17) is 9.47 Å². The van der Waals surface area contributed by atoms with Gasteiger partial charge in [0.05, 0.1) is 13.2 Å². The maximum atomic E-state index is 11.9. The fourth-order valence-corrected chi connectivity index (χ4v) is 4.15. The van der Waals surface area contributed by atoms with Gasteiger partial charge in [-0.25, -0.2) is 0 Å². The molecule has 1 aliphatic rings. The second-order valence-corrected chi connectivity index (χ2v) is 9.42. The van der Waals surface area contributed by atoms with Crippen LogP contribution in [0.5, 0.6) is 5.75 Å². The van der Waals surface area contributed by atoms with Gasteiger partial charge in [0.2, 0.25) is 5.91 Å². The second-order valence-electron chi connectivity index (χ2n) is 9.42. The zero-order valence-electron chi connectivity index (χ0n) is 21.2. The number of unbranched alkanes of at least 4 members (excludes halogenated alkanes) is 1. The predicted molar refractivity (Wildman–Crippen MR) is 131 cm³/mol. The van der Waals surface area contributed by atoms with Crippen molar-refractivity contribution in [3.05, 3.63) is 28.8 Å². The normalized spacial score (nSPS) is 15.6. The van der Waals surface area contributed by atoms with Gasteiger partial charge in [0, 0.05) is 44.6 Å². The van der Waals surface area contributed by atoms with E-state index in [0.717, 1.165) is 64.4 Å². The number of hydrogen-bond donors (Lipinski definition) is 1. The molecule has 1 aromatic carbocycles. The van der Waals surface area contributed by atoms with Crippen LogP contribution in [0.1, 0.15) is 62.3 Å². The molecule has 0 bridgehead atoms. The van der Waals surface area contributed by atoms with E-state index >= 15 is 0 Å². The lowest BCUT2D eigenvalue weighted by Gasteiger charge is -2.44. The zero-order valence-corrected chi connectivity index (χ0v) is 21.2. The molecule has 6 nitrogen and oxygen atoms in total. The van der Waals surface area contributed by atoms with E-state index in [-0.39, 0.29) is 5.91 Å². The van der Waals surface area contributed by atoms with Gasteiger partial charge in [0.25, 0.3) is 0 Å². The number of rotatable bonds is 15. The molecule has 1 aromatic rings. The first-order valence-corrected chi connectivity index (χ1v) is 12.3. The van der Waals surface area contributed by atoms with Crippen molar-refractivity contribution in [1.29, 1.82) is 0 Å². The van der Waals surface area contributed by atoms with Crippen LogP contribution < -0.4 is 10.1 Å². The summed E-state index contributed by atoms with van der Waals surface area (Å²) in [6.45, 7) is 14.7. The lowest BCUT2D eigenvalue weighted by atomic mass is 9.91. The summed E-state index contributed by atoms with van der Waals surface area (Å²) >= 11 is 0. The lowest BCUT2D eigenvalue weighted by Crippen LogP contribution is -2.52. The molecule has 1 heterocycles. The molecule has 0 spiro atoms. The molecule has 0 radical (unpaired) electrons. The molecule has 2 rings (SSSR count). The number of likely N-dealkylation sites (tertiary alicyclic amines) is 1. The molecular weight excluding hydrogens is 402 g/mol. The number of nitrogens with zero attached hydrogens (tertiary/aromatic N) is 2. The predicted octanol–water partition coefficient (Wildman–Crippen LogP) is 3.95. The van der Waals surface area contributed by atoms with Crippen molar-refractivity contribution in [2.24, 2.45) is 5.92 Å². The first kappa shape index (κ1) is 26.6. The van der Waals surface area contributed by atoms with Gasteiger partial charge in [0.15, 0.2) is 0 Å². The Morgan fingerprint density at radius 1 is 1.16 bits per heavy atom. The van der Waals surface area contributed by atoms with Gasteiger partial charge in [0.1, 0.15) is 5.75 Å². The third kappa shape index (κ3) is 8.38. The number of carbonyl (C=O) groups excluding carboxylic acids is 1. The van der Waals surface area contributed by atoms with Crippen LogP contribution in [0.25, 0.3) is 0 Å². The maximum Gasteiger partial charge on any atom is 0.222 e. The Balaban J connectivity index is 1.74. The number of ether oxygens (including phenoxy) is 2. The Kier molecular flexibility index (Phi) is 11.5. The quantitative estimate of drug-likeness (QED) is 0.413. The molecule has 1 N–H and O–H groups in total. The van der Waals surface area contributed by atoms with Crippen LogP contribution in [0.4, 0.5) is 0 Å². The van der Waals surface area contributed by atoms with Crippen molar-refractivity contribution in [2.75, 3.05) is 60.1 Å². The van der Waals surface area contributed by atoms with Gasteiger partial charge in [-0.2, -0.15) is 0 Å². The minimum absolute atomic E-state index is 0.0939. The van der Waals surface area contributed by atoms with E-state index in [9.17, 15) is 4.79 Å². The number of carbonyl (C=O) groups is 1. The minimum Gasteiger partial charge on any atom is -0.493 e. The summed E-state index contributed by atoms with van der Waals surface area (Å²) in [6.07, 6.45) is 3.68. The van der Waals surface area contributed by atoms with Gasteiger partial charge < -0.3 is 19.7 Å². The van der Waals surface area contributed by atoms with Gasteiger partial charge in [-0.05, 0) is 83.4 Å². The molecule has 182 valence electrons. The summed E-state index contributed by atoms with van der Waals surface area (Å²) in [4.78, 5) is 16.6. The molecule has 1 unspecified atom stereocenters. The molecule has 1 atom stereocenters. The Labute approximate surface area is 195 Å². The Bertz CT molecular complexity index is 702. The topological polar surface area (TPSA) is 54.0 Å². The van der Waals surface area contributed by atoms with Crippen molar-refractivity contribution in [3.8, 4) is 5.75 Å². The van der Waals surface area contributed by atoms with Crippen LogP contribution in [0.3, 0.4) is 0 Å². The van der Waals surface area contributed by atoms with Gasteiger partial charge in [-0.3, -0.25) is 9.69 Å². The molecule has 1 fully saturated rings. The van der Waals surface area contributed by atoms with Crippen molar-refractivity contribution < 1.29 is 14.3 Å². The van der Waals surface area contributed by atoms with E-state index in [0.29, 0.717) is 25.0 Å². The Hall–Kier alpha value is -1.63. The smallest absolute Gasteiger partial charge is 0.222 e. The highest BCUT2D eigenvalue weighted by Gasteiger charge is 2.31. The standard InChI is InChI=1S/C26H45N3O3/c1-7-14-31-16-12-26(30)27-17-23-18-29(19-23)22(4)24-10-11-25(21(3)20(24)2)32-15-9-8-13-28(5)6/h10-11,22-23H,7-9,12-19H2,1-6H3,(H,27,30). The molecule has 32 heavy (non-hydrogen) atoms. The van der Waals surface area contributed by atoms with Gasteiger partial charge >= 0.3 is 0 Å². The first-order chi connectivity index (χ1) is 15.3. The highest BCUT2D eigenvalue weighted by Crippen LogP contribution is 2.34. The highest BCUT2D eigenvalue weighted by atomic mass is 16.5. The van der Waals surface area contributed by atoms with E-state index in [1.807, 2.05) is 0 Å². The summed E-state index contributed by atoms with van der Waals surface area (Å²) < 4.78 is 11.5. The zero-order chi connectivity index (χ0) is 23.5. The second kappa shape index (κ2) is 13.8. The average Bonchev–Trinajstić information content (AvgIpc) is 2.72. The maximum absolute atomic E-state index is 11.9. The number of hydrogen-bond acceptors (Lipinski definition) is 5. The lowest BCUT2D eigenvalue weighted by molar-refractivity contribution is -0.122. The monoisotopic (exact) mass is 447 g/mol. The molecule has 6 heteroatoms. The van der Waals surface area contributed by atoms with Crippen LogP contribution in [-0.2, 0) is 9.53 Å². The summed E-state index contributed by atoms with van der Waals surface area (Å²) in [7, 11) is 4.21. The number of amides is 1. The molecule has 1 aliphatic heterocycles. The fourth-order valence-electron chi connectivity index (χ4n) is 4.15. The van der Waals surface area contributed by atoms with E-state index in [1.54, 1.807) is 0 Å². The molecule has 1 saturated heterocycles. The molecule has 1 amide bonds. The molecule has 0 aliphatic carbocycles. The average molecular weight is 448 g/mol. The molecular formula is C26H45N3O3. The Morgan fingerprint density at radius 3 is 2.59 bits per heavy atom. The summed E-state index contributed by atoms with van der Waals surface area (Å²) in [5.41, 5.74) is 3.95. The van der Waals surface area contributed by atoms with Crippen molar-refractivity contribution >= 4 is 5.91 Å². The molecule has 0 aromatic heterocycles. The SMILES string of the molecule is CCCOCCC(=O)NCC1CN(C(C)c2ccc(OCCCCN(C)C)c(C)c2C)C1. The van der Waals surface area contributed by atoms with Crippen LogP contribution in [-0.4, -0.2) is 75.8 Å². The summed E-state index contributed by atoms with van der Waals surface area (Å²) in [6, 6.07) is 4.74. The van der Waals surface area contributed by atoms with Crippen LogP contribution in [0, 0.1) is 19.8 Å². The minimum atomic E-state index is 0.0939. The first-order valence-electron chi connectivity index (χ1n) is 12.3. The van der Waals surface area contributed by atoms with Gasteiger partial charge in [-0.1, -0.05) is 13.0 Å². The highest BCUT2D eigenvalue weighted by molar-refractivity contribution is 5.75. The third-order valence-electron chi connectivity index (χ3n) is 6.43. The van der Waals surface area contributed by atoms with Crippen molar-refractivity contribution in [1.82, 2.24) is 15.1 Å². The molecule has 0 saturated carbocycles. The van der Waals surface area contributed by atoms with E-state index < -0.39 is 0 Å². The van der Waals surface area contributed by atoms with Crippen LogP contribution >= 0.6 is 0 Å². The van der Waals surface area contributed by atoms with E-state index in [2.05, 4.69) is 69.0 Å². The van der Waals surface area contributed by atoms with Crippen LogP contribution in [0.15, 0.2) is 12.1 Å². The summed E-state index contributed by atoms with van der Waals surface area (Å²) in [5, 5.41) is 3.06. The number of benzene rings is 1.